The van der Waals surface area contributed by atoms with Crippen LogP contribution in [-0.4, -0.2) is 56.0 Å². The van der Waals surface area contributed by atoms with Gasteiger partial charge in [0.1, 0.15) is 5.60 Å². The van der Waals surface area contributed by atoms with Crippen molar-refractivity contribution in [2.24, 2.45) is 0 Å². The van der Waals surface area contributed by atoms with Gasteiger partial charge in [-0.2, -0.15) is 0 Å². The molecule has 5 rings (SSSR count). The monoisotopic (exact) mass is 491 g/mol. The van der Waals surface area contributed by atoms with E-state index in [2.05, 4.69) is 4.72 Å². The lowest BCUT2D eigenvalue weighted by atomic mass is 9.86. The van der Waals surface area contributed by atoms with Gasteiger partial charge >= 0.3 is 0 Å². The highest BCUT2D eigenvalue weighted by Crippen LogP contribution is 2.31. The third-order valence-corrected chi connectivity index (χ3v) is 7.84. The number of sulfonamides is 1. The number of nitrogens with one attached hydrogen (secondary N) is 1. The first-order valence-electron chi connectivity index (χ1n) is 11.2. The van der Waals surface area contributed by atoms with Crippen LogP contribution >= 0.6 is 0 Å². The molecule has 3 aromatic carbocycles. The minimum Gasteiger partial charge on any atom is -0.386 e. The molecular formula is C26H25N3O5S. The summed E-state index contributed by atoms with van der Waals surface area (Å²) in [7, 11) is -2.21. The number of carbonyl (C=O) groups excluding carboxylic acids is 2. The molecule has 2 N–H and O–H groups in total. The quantitative estimate of drug-likeness (QED) is 0.551. The first-order chi connectivity index (χ1) is 16.6. The molecule has 0 radical (unpaired) electrons. The highest BCUT2D eigenvalue weighted by atomic mass is 32.2. The van der Waals surface area contributed by atoms with Crippen LogP contribution in [0.2, 0.25) is 0 Å². The summed E-state index contributed by atoms with van der Waals surface area (Å²) in [6, 6.07) is 20.4. The Hall–Kier alpha value is -3.69. The van der Waals surface area contributed by atoms with Crippen molar-refractivity contribution in [1.29, 1.82) is 0 Å². The molecule has 0 atom stereocenters. The van der Waals surface area contributed by atoms with Crippen LogP contribution in [0.1, 0.15) is 21.5 Å². The van der Waals surface area contributed by atoms with Gasteiger partial charge in [-0.25, -0.2) is 8.42 Å². The molecule has 2 amide bonds. The zero-order valence-corrected chi connectivity index (χ0v) is 20.0. The molecule has 9 heteroatoms. The molecule has 1 saturated heterocycles. The van der Waals surface area contributed by atoms with Gasteiger partial charge in [0.25, 0.3) is 15.9 Å². The van der Waals surface area contributed by atoms with Crippen LogP contribution in [0, 0.1) is 0 Å². The maximum absolute atomic E-state index is 12.9. The molecule has 0 aromatic heterocycles. The average Bonchev–Trinajstić information content (AvgIpc) is 3.10. The van der Waals surface area contributed by atoms with E-state index in [0.29, 0.717) is 28.9 Å². The fourth-order valence-corrected chi connectivity index (χ4v) is 5.70. The smallest absolute Gasteiger partial charge is 0.261 e. The van der Waals surface area contributed by atoms with Crippen LogP contribution in [0.15, 0.2) is 77.7 Å². The predicted molar refractivity (Wildman–Crippen MR) is 132 cm³/mol. The van der Waals surface area contributed by atoms with Crippen LogP contribution in [-0.2, 0) is 27.7 Å². The second-order valence-corrected chi connectivity index (χ2v) is 10.8. The number of rotatable bonds is 6. The number of amides is 2. The molecule has 0 bridgehead atoms. The van der Waals surface area contributed by atoms with Gasteiger partial charge in [-0.15, -0.1) is 0 Å². The molecule has 0 unspecified atom stereocenters. The number of β-amino-alcohol motifs (C(OH)–C–C–N with tert-alkyl or cyclic N) is 1. The highest BCUT2D eigenvalue weighted by molar-refractivity contribution is 7.92. The summed E-state index contributed by atoms with van der Waals surface area (Å²) >= 11 is 0. The number of nitrogens with zero attached hydrogens (tertiary/aromatic N) is 2. The fourth-order valence-electron chi connectivity index (χ4n) is 4.59. The Balaban J connectivity index is 1.22. The number of benzene rings is 3. The van der Waals surface area contributed by atoms with Crippen LogP contribution in [0.3, 0.4) is 0 Å². The molecule has 2 heterocycles. The van der Waals surface area contributed by atoms with Crippen molar-refractivity contribution in [3.63, 3.8) is 0 Å². The van der Waals surface area contributed by atoms with E-state index in [1.54, 1.807) is 30.1 Å². The summed E-state index contributed by atoms with van der Waals surface area (Å²) < 4.78 is 28.2. The normalized spacial score (nSPS) is 16.6. The molecule has 2 aliphatic heterocycles. The second kappa shape index (κ2) is 8.51. The molecular weight excluding hydrogens is 466 g/mol. The number of aliphatic hydroxyl groups is 1. The average molecular weight is 492 g/mol. The Bertz CT molecular complexity index is 1400. The summed E-state index contributed by atoms with van der Waals surface area (Å²) in [5.41, 5.74) is 2.18. The number of likely N-dealkylation sites (tertiary alicyclic amines) is 1. The molecule has 180 valence electrons. The summed E-state index contributed by atoms with van der Waals surface area (Å²) in [5, 5.41) is 10.7. The Labute approximate surface area is 203 Å². The van der Waals surface area contributed by atoms with Gasteiger partial charge in [-0.1, -0.05) is 30.3 Å². The van der Waals surface area contributed by atoms with E-state index >= 15 is 0 Å². The van der Waals surface area contributed by atoms with E-state index in [0.717, 1.165) is 5.56 Å². The Morgan fingerprint density at radius 2 is 1.71 bits per heavy atom. The number of hydrogen-bond donors (Lipinski definition) is 2. The largest absolute Gasteiger partial charge is 0.386 e. The number of hydrogen-bond acceptors (Lipinski definition) is 5. The molecule has 3 aromatic rings. The SMILES string of the molecule is CN1C(=O)Cc2cc(S(=O)(=O)Nc3ccc(C(=O)N4CC(O)(Cc5ccccc5)C4)cc3)ccc21. The zero-order chi connectivity index (χ0) is 24.8. The third kappa shape index (κ3) is 4.52. The molecule has 0 spiro atoms. The van der Waals surface area contributed by atoms with Gasteiger partial charge in [0, 0.05) is 30.4 Å². The van der Waals surface area contributed by atoms with Crippen molar-refractivity contribution in [2.75, 3.05) is 29.8 Å². The van der Waals surface area contributed by atoms with E-state index in [-0.39, 0.29) is 36.2 Å². The lowest BCUT2D eigenvalue weighted by molar-refractivity contribution is -0.117. The van der Waals surface area contributed by atoms with Gasteiger partial charge in [0.15, 0.2) is 0 Å². The summed E-state index contributed by atoms with van der Waals surface area (Å²) in [5.74, 6) is -0.298. The van der Waals surface area contributed by atoms with E-state index in [1.807, 2.05) is 30.3 Å². The molecule has 35 heavy (non-hydrogen) atoms. The van der Waals surface area contributed by atoms with E-state index in [9.17, 15) is 23.1 Å². The van der Waals surface area contributed by atoms with Crippen LogP contribution in [0.5, 0.6) is 0 Å². The predicted octanol–water partition coefficient (Wildman–Crippen LogP) is 2.44. The standard InChI is InChI=1S/C26H25N3O5S/c1-28-23-12-11-22(13-20(23)14-24(28)30)35(33,34)27-21-9-7-19(8-10-21)25(31)29-16-26(32,17-29)15-18-5-3-2-4-6-18/h2-13,27,32H,14-17H2,1H3. The summed E-state index contributed by atoms with van der Waals surface area (Å²) in [4.78, 5) is 27.8. The van der Waals surface area contributed by atoms with Crippen LogP contribution in [0.4, 0.5) is 11.4 Å². The topological polar surface area (TPSA) is 107 Å². The number of likely N-dealkylation sites (N-methyl/N-ethyl adjacent to an activating group) is 1. The number of carbonyl (C=O) groups is 2. The Kier molecular flexibility index (Phi) is 5.61. The van der Waals surface area contributed by atoms with Crippen molar-refractivity contribution < 1.29 is 23.1 Å². The van der Waals surface area contributed by atoms with Crippen molar-refractivity contribution in [3.05, 3.63) is 89.5 Å². The molecule has 8 nitrogen and oxygen atoms in total. The minimum absolute atomic E-state index is 0.0674. The van der Waals surface area contributed by atoms with Crippen LogP contribution in [0.25, 0.3) is 0 Å². The molecule has 0 saturated carbocycles. The number of fused-ring (bicyclic) bond motifs is 1. The molecule has 2 aliphatic rings. The van der Waals surface area contributed by atoms with Crippen molar-refractivity contribution in [2.45, 2.75) is 23.3 Å². The maximum Gasteiger partial charge on any atom is 0.261 e. The molecule has 0 aliphatic carbocycles. The van der Waals surface area contributed by atoms with Crippen molar-refractivity contribution >= 4 is 33.2 Å². The fraction of sp³-hybridized carbons (Fsp3) is 0.231. The first kappa shape index (κ1) is 23.1. The minimum atomic E-state index is -3.87. The summed E-state index contributed by atoms with van der Waals surface area (Å²) in [6.07, 6.45) is 0.647. The van der Waals surface area contributed by atoms with Crippen molar-refractivity contribution in [3.8, 4) is 0 Å². The molecule has 1 fully saturated rings. The Morgan fingerprint density at radius 3 is 2.40 bits per heavy atom. The van der Waals surface area contributed by atoms with E-state index in [4.69, 9.17) is 0 Å². The maximum atomic E-state index is 12.9. The Morgan fingerprint density at radius 1 is 1.03 bits per heavy atom. The lowest BCUT2D eigenvalue weighted by Crippen LogP contribution is -2.64. The number of anilines is 2. The van der Waals surface area contributed by atoms with Gasteiger partial charge in [0.05, 0.1) is 24.4 Å². The van der Waals surface area contributed by atoms with Gasteiger partial charge < -0.3 is 14.9 Å². The third-order valence-electron chi connectivity index (χ3n) is 6.46. The van der Waals surface area contributed by atoms with E-state index < -0.39 is 15.6 Å². The lowest BCUT2D eigenvalue weighted by Gasteiger charge is -2.46. The second-order valence-electron chi connectivity index (χ2n) is 9.15. The van der Waals surface area contributed by atoms with Gasteiger partial charge in [-0.05, 0) is 53.6 Å². The first-order valence-corrected chi connectivity index (χ1v) is 12.7. The zero-order valence-electron chi connectivity index (χ0n) is 19.1. The van der Waals surface area contributed by atoms with E-state index in [1.165, 1.54) is 29.2 Å². The van der Waals surface area contributed by atoms with Crippen LogP contribution < -0.4 is 9.62 Å². The van der Waals surface area contributed by atoms with Crippen molar-refractivity contribution in [1.82, 2.24) is 4.90 Å². The summed E-state index contributed by atoms with van der Waals surface area (Å²) in [6.45, 7) is 0.482. The van der Waals surface area contributed by atoms with Gasteiger partial charge in [0.2, 0.25) is 5.91 Å². The van der Waals surface area contributed by atoms with Gasteiger partial charge in [-0.3, -0.25) is 14.3 Å². The highest BCUT2D eigenvalue weighted by Gasteiger charge is 2.43.